The van der Waals surface area contributed by atoms with Crippen LogP contribution in [0.2, 0.25) is 0 Å². The van der Waals surface area contributed by atoms with Crippen LogP contribution < -0.4 is 9.75 Å². The molecule has 0 amide bonds. The van der Waals surface area contributed by atoms with Crippen LogP contribution in [-0.2, 0) is 0 Å². The number of pyridine rings is 1. The number of rotatable bonds is 3. The number of nitrogens with one attached hydrogen (secondary N) is 1. The Balaban J connectivity index is 1.78. The average Bonchev–Trinajstić information content (AvgIpc) is 3.27. The number of fused-ring (bicyclic) bond motifs is 1. The highest BCUT2D eigenvalue weighted by atomic mass is 16.5. The van der Waals surface area contributed by atoms with Gasteiger partial charge in [-0.05, 0) is 18.2 Å². The van der Waals surface area contributed by atoms with E-state index < -0.39 is 0 Å². The topological polar surface area (TPSA) is 93.4 Å². The van der Waals surface area contributed by atoms with Crippen molar-refractivity contribution in [2.75, 3.05) is 18.7 Å². The van der Waals surface area contributed by atoms with Crippen molar-refractivity contribution in [2.45, 2.75) is 0 Å². The molecule has 8 nitrogen and oxygen atoms in total. The molecule has 4 heterocycles. The van der Waals surface area contributed by atoms with Crippen molar-refractivity contribution in [3.8, 4) is 23.2 Å². The fourth-order valence-corrected chi connectivity index (χ4v) is 2.72. The number of H-pyrrole nitrogens is 1. The molecule has 4 rings (SSSR count). The Labute approximate surface area is 138 Å². The molecule has 1 N–H and O–H groups in total. The minimum absolute atomic E-state index is 0.430. The van der Waals surface area contributed by atoms with Gasteiger partial charge in [0.15, 0.2) is 0 Å². The molecule has 0 fully saturated rings. The van der Waals surface area contributed by atoms with Crippen molar-refractivity contribution in [3.63, 3.8) is 0 Å². The minimum atomic E-state index is 0.430. The zero-order valence-corrected chi connectivity index (χ0v) is 12.8. The summed E-state index contributed by atoms with van der Waals surface area (Å²) in [6.45, 7) is 0.664. The van der Waals surface area contributed by atoms with E-state index in [9.17, 15) is 0 Å². The fourth-order valence-electron chi connectivity index (χ4n) is 2.72. The van der Waals surface area contributed by atoms with Gasteiger partial charge in [0.2, 0.25) is 5.88 Å². The van der Waals surface area contributed by atoms with Crippen LogP contribution in [0.3, 0.4) is 0 Å². The molecule has 0 aliphatic carbocycles. The minimum Gasteiger partial charge on any atom is -0.481 e. The molecule has 2 aliphatic heterocycles. The van der Waals surface area contributed by atoms with Crippen molar-refractivity contribution in [1.82, 2.24) is 20.2 Å². The first kappa shape index (κ1) is 14.0. The number of aliphatic imine (C=N–C) groups is 1. The molecule has 0 bridgehead atoms. The second-order valence-corrected chi connectivity index (χ2v) is 5.13. The van der Waals surface area contributed by atoms with Gasteiger partial charge in [-0.2, -0.15) is 10.4 Å². The van der Waals surface area contributed by atoms with Crippen molar-refractivity contribution in [3.05, 3.63) is 48.2 Å². The van der Waals surface area contributed by atoms with E-state index in [2.05, 4.69) is 26.2 Å². The zero-order chi connectivity index (χ0) is 16.5. The quantitative estimate of drug-likeness (QED) is 0.927. The van der Waals surface area contributed by atoms with E-state index in [0.29, 0.717) is 23.6 Å². The summed E-state index contributed by atoms with van der Waals surface area (Å²) < 4.78 is 5.34. The Morgan fingerprint density at radius 3 is 3.12 bits per heavy atom. The average molecular weight is 319 g/mol. The van der Waals surface area contributed by atoms with Crippen LogP contribution in [0.4, 0.5) is 5.69 Å². The molecule has 2 aromatic heterocycles. The molecule has 0 radical (unpaired) electrons. The molecular formula is C16H13N7O. The largest absolute Gasteiger partial charge is 0.481 e. The highest BCUT2D eigenvalue weighted by Gasteiger charge is 2.27. The monoisotopic (exact) mass is 319 g/mol. The molecular weight excluding hydrogens is 306 g/mol. The first-order chi connectivity index (χ1) is 11.8. The second-order valence-electron chi connectivity index (χ2n) is 5.13. The zero-order valence-electron chi connectivity index (χ0n) is 12.8. The first-order valence-electron chi connectivity index (χ1n) is 7.27. The van der Waals surface area contributed by atoms with Crippen LogP contribution in [-0.4, -0.2) is 40.1 Å². The van der Waals surface area contributed by atoms with Crippen molar-refractivity contribution in [2.24, 2.45) is 4.99 Å². The molecule has 0 saturated heterocycles. The molecule has 0 atom stereocenters. The highest BCUT2D eigenvalue weighted by molar-refractivity contribution is 5.79. The van der Waals surface area contributed by atoms with Gasteiger partial charge >= 0.3 is 0 Å². The van der Waals surface area contributed by atoms with E-state index in [1.54, 1.807) is 25.6 Å². The van der Waals surface area contributed by atoms with Crippen LogP contribution in [0, 0.1) is 11.3 Å². The molecule has 2 aromatic rings. The van der Waals surface area contributed by atoms with E-state index >= 15 is 0 Å². The van der Waals surface area contributed by atoms with Gasteiger partial charge < -0.3 is 4.74 Å². The lowest BCUT2D eigenvalue weighted by Crippen LogP contribution is -2.34. The van der Waals surface area contributed by atoms with Gasteiger partial charge in [-0.15, -0.1) is 0 Å². The van der Waals surface area contributed by atoms with E-state index in [0.717, 1.165) is 17.2 Å². The number of aromatic amines is 1. The molecule has 0 aromatic carbocycles. The summed E-state index contributed by atoms with van der Waals surface area (Å²) in [4.78, 5) is 8.54. The number of aromatic nitrogens is 3. The van der Waals surface area contributed by atoms with E-state index in [1.807, 2.05) is 28.4 Å². The predicted molar refractivity (Wildman–Crippen MR) is 88.0 cm³/mol. The van der Waals surface area contributed by atoms with E-state index in [-0.39, 0.29) is 0 Å². The Morgan fingerprint density at radius 1 is 1.38 bits per heavy atom. The second kappa shape index (κ2) is 5.55. The van der Waals surface area contributed by atoms with Crippen molar-refractivity contribution < 1.29 is 4.74 Å². The Hall–Kier alpha value is -3.60. The van der Waals surface area contributed by atoms with E-state index in [4.69, 9.17) is 10.00 Å². The summed E-state index contributed by atoms with van der Waals surface area (Å²) in [6.07, 6.45) is 10.8. The molecule has 8 heteroatoms. The lowest BCUT2D eigenvalue weighted by atomic mass is 10.1. The van der Waals surface area contributed by atoms with Crippen molar-refractivity contribution in [1.29, 1.82) is 5.26 Å². The van der Waals surface area contributed by atoms with Gasteiger partial charge in [0.1, 0.15) is 17.6 Å². The van der Waals surface area contributed by atoms with Gasteiger partial charge in [-0.25, -0.2) is 15.0 Å². The summed E-state index contributed by atoms with van der Waals surface area (Å²) in [6, 6.07) is 3.83. The number of allylic oxidation sites excluding steroid dienone is 1. The third-order valence-electron chi connectivity index (χ3n) is 3.80. The van der Waals surface area contributed by atoms with Gasteiger partial charge in [0.25, 0.3) is 0 Å². The number of anilines is 1. The van der Waals surface area contributed by atoms with Gasteiger partial charge in [-0.3, -0.25) is 10.1 Å². The first-order valence-corrected chi connectivity index (χ1v) is 7.27. The Morgan fingerprint density at radius 2 is 2.29 bits per heavy atom. The predicted octanol–water partition coefficient (Wildman–Crippen LogP) is 1.83. The maximum absolute atomic E-state index is 9.15. The van der Waals surface area contributed by atoms with Crippen LogP contribution in [0.1, 0.15) is 5.56 Å². The van der Waals surface area contributed by atoms with Crippen molar-refractivity contribution >= 4 is 11.9 Å². The summed E-state index contributed by atoms with van der Waals surface area (Å²) in [5.41, 5.74) is 2.71. The third kappa shape index (κ3) is 2.11. The number of hydrazine groups is 1. The number of ether oxygens (including phenoxy) is 1. The fraction of sp³-hybridized carbons (Fsp3) is 0.125. The van der Waals surface area contributed by atoms with Crippen LogP contribution in [0.15, 0.2) is 47.6 Å². The van der Waals surface area contributed by atoms with Gasteiger partial charge in [0, 0.05) is 18.6 Å². The molecule has 0 saturated carbocycles. The van der Waals surface area contributed by atoms with Crippen LogP contribution >= 0.6 is 0 Å². The highest BCUT2D eigenvalue weighted by Crippen LogP contribution is 2.37. The number of nitriles is 1. The summed E-state index contributed by atoms with van der Waals surface area (Å²) in [7, 11) is 1.55. The molecule has 0 spiro atoms. The lowest BCUT2D eigenvalue weighted by molar-refractivity contribution is 0.399. The molecule has 0 unspecified atom stereocenters. The normalized spacial score (nSPS) is 15.2. The summed E-state index contributed by atoms with van der Waals surface area (Å²) in [5, 5.41) is 20.3. The molecule has 2 aliphatic rings. The number of hydrogen-bond donors (Lipinski definition) is 1. The summed E-state index contributed by atoms with van der Waals surface area (Å²) >= 11 is 0. The van der Waals surface area contributed by atoms with E-state index in [1.165, 1.54) is 6.20 Å². The molecule has 24 heavy (non-hydrogen) atoms. The number of hydrogen-bond acceptors (Lipinski definition) is 7. The third-order valence-corrected chi connectivity index (χ3v) is 3.80. The summed E-state index contributed by atoms with van der Waals surface area (Å²) in [5.74, 6) is 1.29. The SMILES string of the molecule is COc1ncc(C#N)cc1-c1[nH]ncc1N1CC=C2N=CC=CN21. The smallest absolute Gasteiger partial charge is 0.222 e. The Bertz CT molecular complexity index is 919. The Kier molecular flexibility index (Phi) is 3.24. The maximum Gasteiger partial charge on any atom is 0.222 e. The standard InChI is InChI=1S/C16H13N7O/c1-24-16-12(7-11(8-17)9-19-16)15-13(10-20-21-15)22-6-3-14-18-4-2-5-23(14)22/h2-5,7,9-10H,6H2,1H3,(H,20,21). The maximum atomic E-state index is 9.15. The van der Waals surface area contributed by atoms with Crippen LogP contribution in [0.5, 0.6) is 5.88 Å². The number of nitrogens with zero attached hydrogens (tertiary/aromatic N) is 6. The number of methoxy groups -OCH3 is 1. The lowest BCUT2D eigenvalue weighted by Gasteiger charge is -2.30. The molecule has 118 valence electrons. The van der Waals surface area contributed by atoms with Gasteiger partial charge in [0.05, 0.1) is 36.7 Å². The van der Waals surface area contributed by atoms with Gasteiger partial charge in [-0.1, -0.05) is 0 Å². The van der Waals surface area contributed by atoms with Crippen LogP contribution in [0.25, 0.3) is 11.3 Å².